The van der Waals surface area contributed by atoms with E-state index in [0.29, 0.717) is 22.4 Å². The molecule has 0 spiro atoms. The molecular weight excluding hydrogens is 470 g/mol. The molecule has 0 unspecified atom stereocenters. The summed E-state index contributed by atoms with van der Waals surface area (Å²) in [6.45, 7) is -0.784. The van der Waals surface area contributed by atoms with E-state index in [-0.39, 0.29) is 32.1 Å². The Morgan fingerprint density at radius 1 is 1.09 bits per heavy atom. The molecule has 2 aliphatic rings. The van der Waals surface area contributed by atoms with Gasteiger partial charge < -0.3 is 4.90 Å². The Hall–Kier alpha value is -3.38. The van der Waals surface area contributed by atoms with Gasteiger partial charge in [0.1, 0.15) is 6.04 Å². The molecule has 6 nitrogen and oxygen atoms in total. The summed E-state index contributed by atoms with van der Waals surface area (Å²) in [4.78, 5) is 35.3. The van der Waals surface area contributed by atoms with Gasteiger partial charge in [0.15, 0.2) is 5.78 Å². The Morgan fingerprint density at radius 3 is 2.54 bits per heavy atom. The van der Waals surface area contributed by atoms with Crippen molar-refractivity contribution in [2.45, 2.75) is 50.0 Å². The fourth-order valence-electron chi connectivity index (χ4n) is 4.46. The summed E-state index contributed by atoms with van der Waals surface area (Å²) in [7, 11) is 0. The van der Waals surface area contributed by atoms with Gasteiger partial charge in [0.05, 0.1) is 18.1 Å². The molecule has 3 aromatic rings. The van der Waals surface area contributed by atoms with Crippen LogP contribution in [0.3, 0.4) is 0 Å². The van der Waals surface area contributed by atoms with Crippen LogP contribution in [-0.4, -0.2) is 45.1 Å². The molecule has 1 aromatic carbocycles. The van der Waals surface area contributed by atoms with Crippen molar-refractivity contribution in [2.24, 2.45) is 0 Å². The first-order chi connectivity index (χ1) is 16.3. The smallest absolute Gasteiger partial charge is 0.268 e. The number of amides is 1. The quantitative estimate of drug-likeness (QED) is 0.450. The van der Waals surface area contributed by atoms with Crippen LogP contribution in [0.15, 0.2) is 48.8 Å². The maximum Gasteiger partial charge on any atom is 0.268 e. The third kappa shape index (κ3) is 5.17. The van der Waals surface area contributed by atoms with Crippen molar-refractivity contribution in [3.63, 3.8) is 0 Å². The number of carbonyl (C=O) groups excluding carboxylic acids is 2. The Morgan fingerprint density at radius 2 is 1.86 bits per heavy atom. The Bertz CT molecular complexity index is 1320. The van der Waals surface area contributed by atoms with Crippen molar-refractivity contribution in [3.8, 4) is 17.2 Å². The molecule has 2 aromatic heterocycles. The maximum atomic E-state index is 13.6. The number of halogens is 2. The molecule has 0 radical (unpaired) electrons. The minimum absolute atomic E-state index is 0. The van der Waals surface area contributed by atoms with Gasteiger partial charge in [-0.2, -0.15) is 18.8 Å². The molecule has 1 saturated heterocycles. The van der Waals surface area contributed by atoms with E-state index in [0.717, 1.165) is 21.7 Å². The lowest BCUT2D eigenvalue weighted by Crippen LogP contribution is -2.36. The number of hydrogen-bond donors (Lipinski definition) is 0. The third-order valence-electron chi connectivity index (χ3n) is 6.46. The average Bonchev–Trinajstić information content (AvgIpc) is 3.64. The summed E-state index contributed by atoms with van der Waals surface area (Å²) >= 11 is 0. The number of alkyl halides is 2. The number of nitriles is 1. The predicted molar refractivity (Wildman–Crippen MR) is 132 cm³/mol. The number of carbonyl (C=O) groups is 2. The SMILES string of the molecule is N#C[C@@H]1CC(F)(F)CN1C(=O)CCC(=O)c1ccnc2ccc(-c3ccc(C4CC4)nc3)cc12.S. The Labute approximate surface area is 208 Å². The van der Waals surface area contributed by atoms with Gasteiger partial charge in [0.2, 0.25) is 5.91 Å². The zero-order valence-electron chi connectivity index (χ0n) is 18.9. The Kier molecular flexibility index (Phi) is 6.86. The molecule has 1 aliphatic heterocycles. The average molecular weight is 495 g/mol. The topological polar surface area (TPSA) is 87.0 Å². The van der Waals surface area contributed by atoms with E-state index in [4.69, 9.17) is 5.26 Å². The molecule has 1 saturated carbocycles. The number of aromatic nitrogens is 2. The largest absolute Gasteiger partial charge is 0.320 e. The van der Waals surface area contributed by atoms with E-state index < -0.39 is 30.8 Å². The van der Waals surface area contributed by atoms with E-state index in [9.17, 15) is 18.4 Å². The van der Waals surface area contributed by atoms with E-state index >= 15 is 0 Å². The first-order valence-corrected chi connectivity index (χ1v) is 11.3. The molecule has 1 atom stereocenters. The number of likely N-dealkylation sites (tertiary alicyclic amines) is 1. The van der Waals surface area contributed by atoms with Crippen LogP contribution in [-0.2, 0) is 4.79 Å². The molecule has 1 amide bonds. The maximum absolute atomic E-state index is 13.6. The molecule has 2 fully saturated rings. The van der Waals surface area contributed by atoms with E-state index in [1.807, 2.05) is 36.5 Å². The summed E-state index contributed by atoms with van der Waals surface area (Å²) in [6, 6.07) is 11.9. The van der Waals surface area contributed by atoms with Gasteiger partial charge in [0, 0.05) is 59.8 Å². The van der Waals surface area contributed by atoms with Crippen LogP contribution in [0.2, 0.25) is 0 Å². The number of ketones is 1. The van der Waals surface area contributed by atoms with Crippen LogP contribution in [0.25, 0.3) is 22.0 Å². The Balaban J connectivity index is 0.00000289. The second kappa shape index (κ2) is 9.70. The zero-order chi connectivity index (χ0) is 23.9. The van der Waals surface area contributed by atoms with Crippen molar-refractivity contribution in [2.75, 3.05) is 6.54 Å². The molecule has 0 bridgehead atoms. The van der Waals surface area contributed by atoms with E-state index in [1.165, 1.54) is 19.0 Å². The summed E-state index contributed by atoms with van der Waals surface area (Å²) < 4.78 is 27.3. The van der Waals surface area contributed by atoms with Crippen molar-refractivity contribution >= 4 is 36.1 Å². The van der Waals surface area contributed by atoms with E-state index in [2.05, 4.69) is 9.97 Å². The molecule has 3 heterocycles. The number of benzene rings is 1. The van der Waals surface area contributed by atoms with Crippen LogP contribution in [0.5, 0.6) is 0 Å². The molecule has 180 valence electrons. The number of nitrogens with zero attached hydrogens (tertiary/aromatic N) is 4. The molecule has 9 heteroatoms. The van der Waals surface area contributed by atoms with Crippen molar-refractivity contribution in [1.29, 1.82) is 5.26 Å². The normalized spacial score (nSPS) is 18.7. The summed E-state index contributed by atoms with van der Waals surface area (Å²) in [6.07, 6.45) is 4.69. The van der Waals surface area contributed by atoms with Crippen molar-refractivity contribution in [3.05, 3.63) is 60.0 Å². The second-order valence-electron chi connectivity index (χ2n) is 8.99. The predicted octanol–water partition coefficient (Wildman–Crippen LogP) is 5.01. The first-order valence-electron chi connectivity index (χ1n) is 11.3. The first kappa shape index (κ1) is 24.7. The highest BCUT2D eigenvalue weighted by Crippen LogP contribution is 2.39. The van der Waals surface area contributed by atoms with Gasteiger partial charge in [-0.15, -0.1) is 0 Å². The second-order valence-corrected chi connectivity index (χ2v) is 8.99. The van der Waals surface area contributed by atoms with Gasteiger partial charge in [-0.1, -0.05) is 12.1 Å². The number of Topliss-reactive ketones (excluding diaryl/α,β-unsaturated/α-hetero) is 1. The van der Waals surface area contributed by atoms with Gasteiger partial charge >= 0.3 is 0 Å². The summed E-state index contributed by atoms with van der Waals surface area (Å²) in [5, 5.41) is 9.76. The molecular formula is C26H24F2N4O2S. The summed E-state index contributed by atoms with van der Waals surface area (Å²) in [5.74, 6) is -3.40. The van der Waals surface area contributed by atoms with Crippen LogP contribution in [0.4, 0.5) is 8.78 Å². The standard InChI is InChI=1S/C26H22F2N4O2.H2S/c27-26(28)12-19(13-29)32(15-26)25(34)8-7-24(33)20-9-10-30-23-6-3-17(11-21(20)23)18-4-5-22(31-14-18)16-1-2-16;/h3-6,9-11,14,16,19H,1-2,7-8,12,15H2;1H2/t19-;/m0./s1. The van der Waals surface area contributed by atoms with Crippen LogP contribution < -0.4 is 0 Å². The molecule has 1 aliphatic carbocycles. The monoisotopic (exact) mass is 494 g/mol. The minimum Gasteiger partial charge on any atom is -0.320 e. The fraction of sp³-hybridized carbons (Fsp3) is 0.346. The highest BCUT2D eigenvalue weighted by molar-refractivity contribution is 7.59. The van der Waals surface area contributed by atoms with Gasteiger partial charge in [-0.3, -0.25) is 19.6 Å². The number of pyridine rings is 2. The number of fused-ring (bicyclic) bond motifs is 1. The third-order valence-corrected chi connectivity index (χ3v) is 6.46. The lowest BCUT2D eigenvalue weighted by Gasteiger charge is -2.18. The highest BCUT2D eigenvalue weighted by Gasteiger charge is 2.47. The highest BCUT2D eigenvalue weighted by atomic mass is 32.1. The van der Waals surface area contributed by atoms with Gasteiger partial charge in [-0.05, 0) is 42.7 Å². The number of rotatable bonds is 6. The molecule has 35 heavy (non-hydrogen) atoms. The summed E-state index contributed by atoms with van der Waals surface area (Å²) in [5.41, 5.74) is 4.00. The van der Waals surface area contributed by atoms with Crippen LogP contribution in [0, 0.1) is 11.3 Å². The lowest BCUT2D eigenvalue weighted by atomic mass is 9.98. The van der Waals surface area contributed by atoms with Crippen LogP contribution >= 0.6 is 13.5 Å². The van der Waals surface area contributed by atoms with Crippen LogP contribution in [0.1, 0.15) is 54.1 Å². The van der Waals surface area contributed by atoms with Crippen molar-refractivity contribution < 1.29 is 18.4 Å². The number of hydrogen-bond acceptors (Lipinski definition) is 5. The molecule has 0 N–H and O–H groups in total. The molecule has 5 rings (SSSR count). The van der Waals surface area contributed by atoms with Gasteiger partial charge in [0.25, 0.3) is 5.92 Å². The minimum atomic E-state index is -3.08. The van der Waals surface area contributed by atoms with Gasteiger partial charge in [-0.25, -0.2) is 8.78 Å². The lowest BCUT2D eigenvalue weighted by molar-refractivity contribution is -0.132. The zero-order valence-corrected chi connectivity index (χ0v) is 19.9. The van der Waals surface area contributed by atoms with E-state index in [1.54, 1.807) is 12.1 Å². The fourth-order valence-corrected chi connectivity index (χ4v) is 4.46. The van der Waals surface area contributed by atoms with Crippen molar-refractivity contribution in [1.82, 2.24) is 14.9 Å².